The van der Waals surface area contributed by atoms with E-state index in [0.29, 0.717) is 6.54 Å². The molecule has 1 heterocycles. The van der Waals surface area contributed by atoms with Crippen LogP contribution in [0.4, 0.5) is 0 Å². The predicted octanol–water partition coefficient (Wildman–Crippen LogP) is 3.99. The van der Waals surface area contributed by atoms with E-state index in [1.807, 2.05) is 11.3 Å². The van der Waals surface area contributed by atoms with Crippen LogP contribution >= 0.6 is 27.3 Å². The average Bonchev–Trinajstić information content (AvgIpc) is 2.93. The highest BCUT2D eigenvalue weighted by Gasteiger charge is 2.17. The topological polar surface area (TPSA) is 29.3 Å². The van der Waals surface area contributed by atoms with Crippen LogP contribution in [0.25, 0.3) is 0 Å². The Labute approximate surface area is 133 Å². The van der Waals surface area contributed by atoms with Crippen LogP contribution in [0, 0.1) is 6.92 Å². The fourth-order valence-corrected chi connectivity index (χ4v) is 3.80. The Morgan fingerprint density at radius 1 is 1.35 bits per heavy atom. The van der Waals surface area contributed by atoms with Crippen LogP contribution in [0.3, 0.4) is 0 Å². The van der Waals surface area contributed by atoms with Crippen LogP contribution in [-0.2, 0) is 6.42 Å². The molecule has 1 unspecified atom stereocenters. The summed E-state index contributed by atoms with van der Waals surface area (Å²) in [5, 5.41) is 2.13. The number of thiophene rings is 1. The van der Waals surface area contributed by atoms with E-state index in [4.69, 9.17) is 5.73 Å². The molecule has 0 fully saturated rings. The van der Waals surface area contributed by atoms with Crippen molar-refractivity contribution in [2.24, 2.45) is 5.73 Å². The van der Waals surface area contributed by atoms with Gasteiger partial charge < -0.3 is 5.73 Å². The molecule has 0 aliphatic carbocycles. The zero-order valence-corrected chi connectivity index (χ0v) is 14.4. The SMILES string of the molecule is Cc1ccc(C(CN)N(C)CCc2cccs2)c(Br)c1. The van der Waals surface area contributed by atoms with E-state index in [9.17, 15) is 0 Å². The number of aryl methyl sites for hydroxylation is 1. The van der Waals surface area contributed by atoms with Gasteiger partial charge in [0.05, 0.1) is 0 Å². The number of nitrogens with zero attached hydrogens (tertiary/aromatic N) is 1. The second-order valence-corrected chi connectivity index (χ2v) is 6.97. The molecule has 0 radical (unpaired) electrons. The first kappa shape index (κ1) is 15.7. The Hall–Kier alpha value is -0.680. The lowest BCUT2D eigenvalue weighted by Crippen LogP contribution is -2.32. The minimum absolute atomic E-state index is 0.255. The summed E-state index contributed by atoms with van der Waals surface area (Å²) in [6.07, 6.45) is 1.08. The van der Waals surface area contributed by atoms with Crippen molar-refractivity contribution in [3.05, 3.63) is 56.2 Å². The summed E-state index contributed by atoms with van der Waals surface area (Å²) in [7, 11) is 2.15. The molecule has 0 bridgehead atoms. The van der Waals surface area contributed by atoms with Crippen molar-refractivity contribution in [2.75, 3.05) is 20.1 Å². The summed E-state index contributed by atoms with van der Waals surface area (Å²) in [6.45, 7) is 3.75. The van der Waals surface area contributed by atoms with Crippen molar-refractivity contribution in [1.29, 1.82) is 0 Å². The van der Waals surface area contributed by atoms with Crippen molar-refractivity contribution in [3.8, 4) is 0 Å². The lowest BCUT2D eigenvalue weighted by atomic mass is 10.0. The monoisotopic (exact) mass is 352 g/mol. The highest BCUT2D eigenvalue weighted by Crippen LogP contribution is 2.27. The maximum Gasteiger partial charge on any atom is 0.0478 e. The second kappa shape index (κ2) is 7.36. The molecular formula is C16H21BrN2S. The molecule has 0 aliphatic heterocycles. The van der Waals surface area contributed by atoms with Gasteiger partial charge in [0, 0.05) is 28.5 Å². The van der Waals surface area contributed by atoms with Gasteiger partial charge in [-0.25, -0.2) is 0 Å². The van der Waals surface area contributed by atoms with Gasteiger partial charge in [-0.3, -0.25) is 4.90 Å². The molecule has 1 aromatic heterocycles. The van der Waals surface area contributed by atoms with Gasteiger partial charge in [0.15, 0.2) is 0 Å². The number of benzene rings is 1. The maximum absolute atomic E-state index is 6.00. The van der Waals surface area contributed by atoms with Gasteiger partial charge in [-0.15, -0.1) is 11.3 Å². The fraction of sp³-hybridized carbons (Fsp3) is 0.375. The smallest absolute Gasteiger partial charge is 0.0478 e. The molecule has 2 nitrogen and oxygen atoms in total. The molecule has 2 rings (SSSR count). The largest absolute Gasteiger partial charge is 0.329 e. The Bertz CT molecular complexity index is 539. The Balaban J connectivity index is 2.06. The van der Waals surface area contributed by atoms with Crippen molar-refractivity contribution < 1.29 is 0 Å². The van der Waals surface area contributed by atoms with Crippen LogP contribution in [0.15, 0.2) is 40.2 Å². The first-order valence-corrected chi connectivity index (χ1v) is 8.48. The Morgan fingerprint density at radius 3 is 2.75 bits per heavy atom. The summed E-state index contributed by atoms with van der Waals surface area (Å²) in [5.74, 6) is 0. The number of hydrogen-bond donors (Lipinski definition) is 1. The molecule has 0 amide bonds. The molecule has 108 valence electrons. The zero-order valence-electron chi connectivity index (χ0n) is 12.0. The normalized spacial score (nSPS) is 12.8. The van der Waals surface area contributed by atoms with E-state index in [2.05, 4.69) is 70.5 Å². The van der Waals surface area contributed by atoms with Gasteiger partial charge >= 0.3 is 0 Å². The first-order chi connectivity index (χ1) is 9.61. The van der Waals surface area contributed by atoms with Gasteiger partial charge in [0.25, 0.3) is 0 Å². The van der Waals surface area contributed by atoms with Crippen molar-refractivity contribution in [1.82, 2.24) is 4.90 Å². The average molecular weight is 353 g/mol. The van der Waals surface area contributed by atoms with E-state index in [0.717, 1.165) is 17.4 Å². The van der Waals surface area contributed by atoms with Gasteiger partial charge in [-0.05, 0) is 49.0 Å². The number of rotatable bonds is 6. The van der Waals surface area contributed by atoms with Crippen molar-refractivity contribution in [3.63, 3.8) is 0 Å². The summed E-state index contributed by atoms with van der Waals surface area (Å²) in [6, 6.07) is 11.0. The molecule has 0 spiro atoms. The maximum atomic E-state index is 6.00. The quantitative estimate of drug-likeness (QED) is 0.851. The number of nitrogens with two attached hydrogens (primary N) is 1. The first-order valence-electron chi connectivity index (χ1n) is 6.80. The van der Waals surface area contributed by atoms with Gasteiger partial charge in [-0.1, -0.05) is 34.1 Å². The molecule has 0 aliphatic rings. The molecule has 0 saturated heterocycles. The van der Waals surface area contributed by atoms with E-state index >= 15 is 0 Å². The minimum Gasteiger partial charge on any atom is -0.329 e. The second-order valence-electron chi connectivity index (χ2n) is 5.09. The lowest BCUT2D eigenvalue weighted by molar-refractivity contribution is 0.253. The van der Waals surface area contributed by atoms with Crippen molar-refractivity contribution in [2.45, 2.75) is 19.4 Å². The molecular weight excluding hydrogens is 332 g/mol. The van der Waals surface area contributed by atoms with E-state index < -0.39 is 0 Å². The number of likely N-dealkylation sites (N-methyl/N-ethyl adjacent to an activating group) is 1. The summed E-state index contributed by atoms with van der Waals surface area (Å²) >= 11 is 5.48. The van der Waals surface area contributed by atoms with Crippen LogP contribution in [-0.4, -0.2) is 25.0 Å². The Morgan fingerprint density at radius 2 is 2.15 bits per heavy atom. The molecule has 0 saturated carbocycles. The summed E-state index contributed by atoms with van der Waals surface area (Å²) in [5.41, 5.74) is 8.53. The minimum atomic E-state index is 0.255. The summed E-state index contributed by atoms with van der Waals surface area (Å²) < 4.78 is 1.15. The van der Waals surface area contributed by atoms with Gasteiger partial charge in [-0.2, -0.15) is 0 Å². The highest BCUT2D eigenvalue weighted by molar-refractivity contribution is 9.10. The number of hydrogen-bond acceptors (Lipinski definition) is 3. The third-order valence-electron chi connectivity index (χ3n) is 3.56. The van der Waals surface area contributed by atoms with E-state index in [1.165, 1.54) is 16.0 Å². The predicted molar refractivity (Wildman–Crippen MR) is 91.3 cm³/mol. The summed E-state index contributed by atoms with van der Waals surface area (Å²) in [4.78, 5) is 3.77. The molecule has 4 heteroatoms. The van der Waals surface area contributed by atoms with Crippen LogP contribution in [0.2, 0.25) is 0 Å². The highest BCUT2D eigenvalue weighted by atomic mass is 79.9. The lowest BCUT2D eigenvalue weighted by Gasteiger charge is -2.28. The fourth-order valence-electron chi connectivity index (χ4n) is 2.34. The third-order valence-corrected chi connectivity index (χ3v) is 5.18. The van der Waals surface area contributed by atoms with Gasteiger partial charge in [0.2, 0.25) is 0 Å². The molecule has 1 aromatic carbocycles. The molecule has 1 atom stereocenters. The standard InChI is InChI=1S/C16H21BrN2S/c1-12-5-6-14(15(17)10-12)16(11-18)19(2)8-7-13-4-3-9-20-13/h3-6,9-10,16H,7-8,11,18H2,1-2H3. The molecule has 2 N–H and O–H groups in total. The van der Waals surface area contributed by atoms with Crippen LogP contribution in [0.1, 0.15) is 22.0 Å². The van der Waals surface area contributed by atoms with E-state index in [-0.39, 0.29) is 6.04 Å². The van der Waals surface area contributed by atoms with E-state index in [1.54, 1.807) is 0 Å². The third kappa shape index (κ3) is 3.92. The zero-order chi connectivity index (χ0) is 14.5. The van der Waals surface area contributed by atoms with Crippen molar-refractivity contribution >= 4 is 27.3 Å². The molecule has 20 heavy (non-hydrogen) atoms. The molecule has 2 aromatic rings. The van der Waals surface area contributed by atoms with Crippen LogP contribution in [0.5, 0.6) is 0 Å². The Kier molecular flexibility index (Phi) is 5.78. The van der Waals surface area contributed by atoms with Crippen LogP contribution < -0.4 is 5.73 Å². The van der Waals surface area contributed by atoms with Gasteiger partial charge in [0.1, 0.15) is 0 Å². The number of halogens is 1.